The molecule has 14 heavy (non-hydrogen) atoms. The molecule has 0 saturated heterocycles. The second kappa shape index (κ2) is 3.98. The van der Waals surface area contributed by atoms with Crippen molar-refractivity contribution < 1.29 is 9.47 Å². The normalized spacial score (nSPS) is 14.7. The maximum Gasteiger partial charge on any atom is 0.189 e. The molecule has 0 spiro atoms. The summed E-state index contributed by atoms with van der Waals surface area (Å²) >= 11 is 0. The second-order valence-corrected chi connectivity index (χ2v) is 3.47. The predicted octanol–water partition coefficient (Wildman–Crippen LogP) is 1.58. The van der Waals surface area contributed by atoms with E-state index in [1.165, 1.54) is 16.7 Å². The van der Waals surface area contributed by atoms with E-state index in [2.05, 4.69) is 18.3 Å². The molecule has 1 heterocycles. The highest BCUT2D eigenvalue weighted by Gasteiger charge is 2.14. The molecule has 0 saturated carbocycles. The highest BCUT2D eigenvalue weighted by Crippen LogP contribution is 2.28. The van der Waals surface area contributed by atoms with Crippen LogP contribution in [0.1, 0.15) is 16.7 Å². The van der Waals surface area contributed by atoms with Gasteiger partial charge < -0.3 is 14.8 Å². The zero-order valence-corrected chi connectivity index (χ0v) is 8.59. The van der Waals surface area contributed by atoms with Crippen LogP contribution in [-0.4, -0.2) is 13.8 Å². The van der Waals surface area contributed by atoms with Crippen molar-refractivity contribution in [1.29, 1.82) is 0 Å². The minimum absolute atomic E-state index is 0.373. The van der Waals surface area contributed by atoms with E-state index in [1.54, 1.807) is 0 Å². The maximum absolute atomic E-state index is 5.39. The number of benzene rings is 1. The Hall–Kier alpha value is -1.06. The molecule has 0 unspecified atom stereocenters. The van der Waals surface area contributed by atoms with Crippen molar-refractivity contribution in [2.45, 2.75) is 20.1 Å². The summed E-state index contributed by atoms with van der Waals surface area (Å²) in [7, 11) is 1.95. The quantitative estimate of drug-likeness (QED) is 0.773. The van der Waals surface area contributed by atoms with Crippen LogP contribution in [-0.2, 0) is 17.9 Å². The molecule has 0 radical (unpaired) electrons. The van der Waals surface area contributed by atoms with Crippen LogP contribution in [0.3, 0.4) is 0 Å². The van der Waals surface area contributed by atoms with Gasteiger partial charge >= 0.3 is 0 Å². The first kappa shape index (κ1) is 9.49. The third-order valence-corrected chi connectivity index (χ3v) is 2.58. The molecule has 3 nitrogen and oxygen atoms in total. The van der Waals surface area contributed by atoms with E-state index < -0.39 is 0 Å². The van der Waals surface area contributed by atoms with Crippen LogP contribution in [0.2, 0.25) is 0 Å². The van der Waals surface area contributed by atoms with Crippen molar-refractivity contribution >= 4 is 0 Å². The Labute approximate surface area is 84.0 Å². The number of hydrogen-bond donors (Lipinski definition) is 1. The maximum atomic E-state index is 5.39. The van der Waals surface area contributed by atoms with E-state index in [-0.39, 0.29) is 0 Å². The molecule has 1 aromatic rings. The Morgan fingerprint density at radius 3 is 3.07 bits per heavy atom. The van der Waals surface area contributed by atoms with Gasteiger partial charge in [-0.05, 0) is 31.2 Å². The number of nitrogens with one attached hydrogen (secondary N) is 1. The predicted molar refractivity (Wildman–Crippen MR) is 54.2 cm³/mol. The SMILES string of the molecule is CNCc1ccc2c(c1C)COCO2. The number of rotatable bonds is 2. The van der Waals surface area contributed by atoms with Gasteiger partial charge in [-0.3, -0.25) is 0 Å². The molecule has 0 aromatic heterocycles. The summed E-state index contributed by atoms with van der Waals surface area (Å²) in [6.07, 6.45) is 0. The van der Waals surface area contributed by atoms with Crippen molar-refractivity contribution in [3.8, 4) is 5.75 Å². The molecule has 76 valence electrons. The fourth-order valence-electron chi connectivity index (χ4n) is 1.73. The van der Waals surface area contributed by atoms with Gasteiger partial charge in [0.15, 0.2) is 6.79 Å². The lowest BCUT2D eigenvalue weighted by Gasteiger charge is -2.21. The zero-order chi connectivity index (χ0) is 9.97. The van der Waals surface area contributed by atoms with E-state index in [4.69, 9.17) is 9.47 Å². The lowest BCUT2D eigenvalue weighted by molar-refractivity contribution is -0.0167. The summed E-state index contributed by atoms with van der Waals surface area (Å²) in [5.41, 5.74) is 3.76. The van der Waals surface area contributed by atoms with Crippen molar-refractivity contribution in [1.82, 2.24) is 5.32 Å². The Morgan fingerprint density at radius 1 is 1.43 bits per heavy atom. The summed E-state index contributed by atoms with van der Waals surface area (Å²) in [5.74, 6) is 0.966. The van der Waals surface area contributed by atoms with Crippen LogP contribution in [0, 0.1) is 6.92 Å². The second-order valence-electron chi connectivity index (χ2n) is 3.47. The monoisotopic (exact) mass is 193 g/mol. The molecule has 3 heteroatoms. The van der Waals surface area contributed by atoms with Crippen LogP contribution in [0.25, 0.3) is 0 Å². The minimum atomic E-state index is 0.373. The molecule has 0 fully saturated rings. The first-order valence-electron chi connectivity index (χ1n) is 4.79. The van der Waals surface area contributed by atoms with Crippen molar-refractivity contribution in [2.75, 3.05) is 13.8 Å². The molecule has 2 rings (SSSR count). The number of fused-ring (bicyclic) bond motifs is 1. The molecule has 0 bridgehead atoms. The van der Waals surface area contributed by atoms with Gasteiger partial charge in [0.05, 0.1) is 6.61 Å². The molecule has 0 atom stereocenters. The molecule has 0 amide bonds. The lowest BCUT2D eigenvalue weighted by atomic mass is 10.0. The first-order valence-corrected chi connectivity index (χ1v) is 4.79. The first-order chi connectivity index (χ1) is 6.83. The third kappa shape index (κ3) is 1.61. The summed E-state index contributed by atoms with van der Waals surface area (Å²) in [4.78, 5) is 0. The van der Waals surface area contributed by atoms with E-state index in [1.807, 2.05) is 13.1 Å². The highest BCUT2D eigenvalue weighted by atomic mass is 16.7. The standard InChI is InChI=1S/C11H15NO2/c1-8-9(5-12-2)3-4-11-10(8)6-13-7-14-11/h3-4,12H,5-7H2,1-2H3. The van der Waals surface area contributed by atoms with E-state index in [9.17, 15) is 0 Å². The van der Waals surface area contributed by atoms with Crippen LogP contribution in [0.5, 0.6) is 5.75 Å². The van der Waals surface area contributed by atoms with E-state index >= 15 is 0 Å². The zero-order valence-electron chi connectivity index (χ0n) is 8.59. The van der Waals surface area contributed by atoms with E-state index in [0.717, 1.165) is 12.3 Å². The topological polar surface area (TPSA) is 30.5 Å². The largest absolute Gasteiger partial charge is 0.467 e. The Balaban J connectivity index is 2.38. The fourth-order valence-corrected chi connectivity index (χ4v) is 1.73. The van der Waals surface area contributed by atoms with Gasteiger partial charge in [0.2, 0.25) is 0 Å². The molecular weight excluding hydrogens is 178 g/mol. The van der Waals surface area contributed by atoms with Gasteiger partial charge in [-0.15, -0.1) is 0 Å². The molecule has 1 aliphatic rings. The van der Waals surface area contributed by atoms with E-state index in [0.29, 0.717) is 13.4 Å². The molecular formula is C11H15NO2. The third-order valence-electron chi connectivity index (χ3n) is 2.58. The van der Waals surface area contributed by atoms with Crippen molar-refractivity contribution in [3.63, 3.8) is 0 Å². The molecule has 0 aliphatic carbocycles. The highest BCUT2D eigenvalue weighted by molar-refractivity contribution is 5.44. The van der Waals surface area contributed by atoms with Crippen LogP contribution in [0.15, 0.2) is 12.1 Å². The van der Waals surface area contributed by atoms with Gasteiger partial charge in [0.25, 0.3) is 0 Å². The lowest BCUT2D eigenvalue weighted by Crippen LogP contribution is -2.15. The summed E-state index contributed by atoms with van der Waals surface area (Å²) in [6.45, 7) is 4.04. The summed E-state index contributed by atoms with van der Waals surface area (Å²) < 4.78 is 10.7. The van der Waals surface area contributed by atoms with Gasteiger partial charge in [-0.25, -0.2) is 0 Å². The van der Waals surface area contributed by atoms with Crippen molar-refractivity contribution in [3.05, 3.63) is 28.8 Å². The van der Waals surface area contributed by atoms with Gasteiger partial charge in [0, 0.05) is 12.1 Å². The molecule has 1 aromatic carbocycles. The van der Waals surface area contributed by atoms with Gasteiger partial charge in [-0.1, -0.05) is 6.07 Å². The van der Waals surface area contributed by atoms with Gasteiger partial charge in [-0.2, -0.15) is 0 Å². The smallest absolute Gasteiger partial charge is 0.189 e. The minimum Gasteiger partial charge on any atom is -0.467 e. The Bertz CT molecular complexity index is 336. The Morgan fingerprint density at radius 2 is 2.29 bits per heavy atom. The molecule has 1 N–H and O–H groups in total. The summed E-state index contributed by atoms with van der Waals surface area (Å²) in [6, 6.07) is 4.13. The van der Waals surface area contributed by atoms with Crippen LogP contribution >= 0.6 is 0 Å². The van der Waals surface area contributed by atoms with Crippen LogP contribution in [0.4, 0.5) is 0 Å². The number of ether oxygens (including phenoxy) is 2. The van der Waals surface area contributed by atoms with Crippen molar-refractivity contribution in [2.24, 2.45) is 0 Å². The average molecular weight is 193 g/mol. The van der Waals surface area contributed by atoms with Crippen LogP contribution < -0.4 is 10.1 Å². The van der Waals surface area contributed by atoms with Gasteiger partial charge in [0.1, 0.15) is 5.75 Å². The number of hydrogen-bond acceptors (Lipinski definition) is 3. The fraction of sp³-hybridized carbons (Fsp3) is 0.455. The average Bonchev–Trinajstić information content (AvgIpc) is 2.23. The molecule has 1 aliphatic heterocycles. The Kier molecular flexibility index (Phi) is 2.70. The summed E-state index contributed by atoms with van der Waals surface area (Å²) in [5, 5.41) is 3.15.